The normalized spacial score (nSPS) is 23.0. The molecule has 0 aromatic heterocycles. The van der Waals surface area contributed by atoms with E-state index in [-0.39, 0.29) is 29.9 Å². The highest BCUT2D eigenvalue weighted by molar-refractivity contribution is 6.18. The van der Waals surface area contributed by atoms with E-state index in [0.29, 0.717) is 17.8 Å². The Bertz CT molecular complexity index is 509. The van der Waals surface area contributed by atoms with E-state index in [2.05, 4.69) is 0 Å². The highest BCUT2D eigenvalue weighted by Crippen LogP contribution is 2.34. The van der Waals surface area contributed by atoms with Gasteiger partial charge < -0.3 is 14.2 Å². The zero-order valence-electron chi connectivity index (χ0n) is 13.7. The maximum absolute atomic E-state index is 12.7. The summed E-state index contributed by atoms with van der Waals surface area (Å²) in [5.74, 6) is -0.206. The molecule has 0 amide bonds. The van der Waals surface area contributed by atoms with Gasteiger partial charge in [-0.05, 0) is 20.3 Å². The monoisotopic (exact) mass is 330 g/mol. The first-order valence-corrected chi connectivity index (χ1v) is 7.78. The van der Waals surface area contributed by atoms with Gasteiger partial charge in [0.2, 0.25) is 11.4 Å². The van der Waals surface area contributed by atoms with Crippen molar-refractivity contribution in [2.45, 2.75) is 39.7 Å². The van der Waals surface area contributed by atoms with Crippen LogP contribution in [-0.2, 0) is 23.8 Å². The zero-order chi connectivity index (χ0) is 16.9. The number of halogens is 1. The van der Waals surface area contributed by atoms with Crippen LogP contribution in [0.15, 0.2) is 23.2 Å². The maximum atomic E-state index is 12.7. The lowest BCUT2D eigenvalue weighted by Gasteiger charge is -2.34. The van der Waals surface area contributed by atoms with Crippen molar-refractivity contribution in [2.75, 3.05) is 19.6 Å². The van der Waals surface area contributed by atoms with Gasteiger partial charge in [-0.15, -0.1) is 11.6 Å². The molecule has 5 nitrogen and oxygen atoms in total. The van der Waals surface area contributed by atoms with Gasteiger partial charge in [0.15, 0.2) is 5.76 Å². The van der Waals surface area contributed by atoms with Crippen LogP contribution in [0.2, 0.25) is 0 Å². The number of hydrogen-bond acceptors (Lipinski definition) is 5. The van der Waals surface area contributed by atoms with Crippen molar-refractivity contribution in [1.82, 2.24) is 0 Å². The first kappa shape index (κ1) is 18.6. The second-order valence-corrected chi connectivity index (χ2v) is 5.71. The number of methoxy groups -OCH3 is 1. The molecular formula is C16H23ClO5. The molecule has 0 saturated carbocycles. The van der Waals surface area contributed by atoms with Gasteiger partial charge in [0.1, 0.15) is 12.4 Å². The summed E-state index contributed by atoms with van der Waals surface area (Å²) in [6.45, 7) is 7.00. The molecule has 22 heavy (non-hydrogen) atoms. The summed E-state index contributed by atoms with van der Waals surface area (Å²) in [5, 5.41) is 0. The minimum atomic E-state index is -1.49. The largest absolute Gasteiger partial charge is 0.496 e. The molecule has 0 aromatic rings. The van der Waals surface area contributed by atoms with Gasteiger partial charge in [0, 0.05) is 11.6 Å². The Balaban J connectivity index is 3.18. The molecule has 0 unspecified atom stereocenters. The number of Topliss-reactive ketones (excluding diaryl/α,β-unsaturated/α-hetero) is 1. The van der Waals surface area contributed by atoms with Crippen LogP contribution >= 0.6 is 11.6 Å². The predicted octanol–water partition coefficient (Wildman–Crippen LogP) is 2.98. The fourth-order valence-corrected chi connectivity index (χ4v) is 2.13. The van der Waals surface area contributed by atoms with E-state index >= 15 is 0 Å². The van der Waals surface area contributed by atoms with Crippen LogP contribution in [0.1, 0.15) is 34.1 Å². The number of rotatable bonds is 7. The number of carbonyl (C=O) groups excluding carboxylic acids is 2. The number of carbonyl (C=O) groups is 2. The summed E-state index contributed by atoms with van der Waals surface area (Å²) in [5.41, 5.74) is -1.10. The molecule has 0 N–H and O–H groups in total. The Morgan fingerprint density at radius 1 is 1.45 bits per heavy atom. The molecule has 2 atom stereocenters. The lowest BCUT2D eigenvalue weighted by Crippen LogP contribution is -2.46. The topological polar surface area (TPSA) is 61.8 Å². The lowest BCUT2D eigenvalue weighted by molar-refractivity contribution is -0.168. The molecule has 1 aliphatic carbocycles. The summed E-state index contributed by atoms with van der Waals surface area (Å²) < 4.78 is 16.2. The van der Waals surface area contributed by atoms with Crippen molar-refractivity contribution >= 4 is 23.4 Å². The van der Waals surface area contributed by atoms with Gasteiger partial charge in [0.05, 0.1) is 18.9 Å². The van der Waals surface area contributed by atoms with Crippen molar-refractivity contribution in [3.05, 3.63) is 23.2 Å². The zero-order valence-corrected chi connectivity index (χ0v) is 14.5. The number of ketones is 1. The Labute approximate surface area is 136 Å². The highest BCUT2D eigenvalue weighted by Gasteiger charge is 2.47. The Morgan fingerprint density at radius 2 is 2.09 bits per heavy atom. The van der Waals surface area contributed by atoms with E-state index in [0.717, 1.165) is 0 Å². The molecule has 0 aromatic carbocycles. The quantitative estimate of drug-likeness (QED) is 0.530. The van der Waals surface area contributed by atoms with Gasteiger partial charge in [0.25, 0.3) is 0 Å². The lowest BCUT2D eigenvalue weighted by atomic mass is 9.87. The fourth-order valence-electron chi connectivity index (χ4n) is 2.05. The van der Waals surface area contributed by atoms with Gasteiger partial charge >= 0.3 is 5.97 Å². The molecule has 0 spiro atoms. The van der Waals surface area contributed by atoms with Crippen LogP contribution in [0.25, 0.3) is 0 Å². The molecule has 0 saturated heterocycles. The van der Waals surface area contributed by atoms with E-state index in [1.165, 1.54) is 14.0 Å². The molecule has 1 aliphatic rings. The maximum Gasteiger partial charge on any atom is 0.310 e. The molecule has 6 heteroatoms. The second-order valence-electron chi connectivity index (χ2n) is 5.33. The van der Waals surface area contributed by atoms with Crippen LogP contribution in [0.3, 0.4) is 0 Å². The number of allylic oxidation sites excluding steroid dienone is 1. The van der Waals surface area contributed by atoms with E-state index in [1.54, 1.807) is 19.9 Å². The molecule has 0 bridgehead atoms. The van der Waals surface area contributed by atoms with Crippen LogP contribution in [0.5, 0.6) is 0 Å². The van der Waals surface area contributed by atoms with Crippen molar-refractivity contribution in [1.29, 1.82) is 0 Å². The van der Waals surface area contributed by atoms with Gasteiger partial charge in [-0.25, -0.2) is 0 Å². The number of ether oxygens (including phenoxy) is 3. The average molecular weight is 331 g/mol. The van der Waals surface area contributed by atoms with E-state index < -0.39 is 11.6 Å². The molecule has 124 valence electrons. The van der Waals surface area contributed by atoms with Crippen LogP contribution in [-0.4, -0.2) is 37.0 Å². The van der Waals surface area contributed by atoms with E-state index in [4.69, 9.17) is 25.8 Å². The minimum absolute atomic E-state index is 0.202. The summed E-state index contributed by atoms with van der Waals surface area (Å²) >= 11 is 5.64. The molecule has 0 fully saturated rings. The summed E-state index contributed by atoms with van der Waals surface area (Å²) in [7, 11) is 1.47. The second kappa shape index (κ2) is 7.68. The Kier molecular flexibility index (Phi) is 6.48. The molecule has 1 rings (SSSR count). The number of esters is 1. The number of alkyl halides is 1. The molecule has 0 radical (unpaired) electrons. The van der Waals surface area contributed by atoms with Crippen molar-refractivity contribution < 1.29 is 23.8 Å². The highest BCUT2D eigenvalue weighted by atomic mass is 35.5. The summed E-state index contributed by atoms with van der Waals surface area (Å²) in [6.07, 6.45) is 2.20. The smallest absolute Gasteiger partial charge is 0.310 e. The van der Waals surface area contributed by atoms with Crippen molar-refractivity contribution in [3.8, 4) is 0 Å². The third-order valence-electron chi connectivity index (χ3n) is 3.75. The first-order valence-electron chi connectivity index (χ1n) is 7.25. The van der Waals surface area contributed by atoms with Crippen LogP contribution < -0.4 is 0 Å². The average Bonchev–Trinajstić information content (AvgIpc) is 2.51. The Hall–Kier alpha value is -1.49. The molecule has 0 aliphatic heterocycles. The first-order chi connectivity index (χ1) is 10.3. The van der Waals surface area contributed by atoms with Gasteiger partial charge in [-0.2, -0.15) is 0 Å². The Morgan fingerprint density at radius 3 is 2.59 bits per heavy atom. The van der Waals surface area contributed by atoms with Gasteiger partial charge in [-0.1, -0.05) is 13.8 Å². The molecular weight excluding hydrogens is 308 g/mol. The summed E-state index contributed by atoms with van der Waals surface area (Å²) in [4.78, 5) is 24.8. The molecule has 0 heterocycles. The fraction of sp³-hybridized carbons (Fsp3) is 0.625. The van der Waals surface area contributed by atoms with Gasteiger partial charge in [-0.3, -0.25) is 9.59 Å². The standard InChI is InChI=1S/C16H23ClO5/c1-6-10(2)15(19)22-16(4)13(21-8-7-17)9-12(20-5)11(3)14(16)18/h9-10H,6-8H2,1-5H3/t10-,16-/m1/s1. The summed E-state index contributed by atoms with van der Waals surface area (Å²) in [6, 6.07) is 0. The van der Waals surface area contributed by atoms with Crippen molar-refractivity contribution in [2.24, 2.45) is 5.92 Å². The minimum Gasteiger partial charge on any atom is -0.496 e. The SMILES string of the molecule is CC[C@@H](C)C(=O)O[C@@]1(C)C(=O)C(C)=C(OC)C=C1OCCCl. The van der Waals surface area contributed by atoms with Crippen LogP contribution in [0.4, 0.5) is 0 Å². The van der Waals surface area contributed by atoms with E-state index in [9.17, 15) is 9.59 Å². The number of hydrogen-bond donors (Lipinski definition) is 0. The van der Waals surface area contributed by atoms with Crippen molar-refractivity contribution in [3.63, 3.8) is 0 Å². The van der Waals surface area contributed by atoms with E-state index in [1.807, 2.05) is 6.92 Å². The van der Waals surface area contributed by atoms with Crippen LogP contribution in [0, 0.1) is 5.92 Å². The third kappa shape index (κ3) is 3.64. The predicted molar refractivity (Wildman–Crippen MR) is 83.4 cm³/mol. The third-order valence-corrected chi connectivity index (χ3v) is 3.90.